The topological polar surface area (TPSA) is 69.2 Å². The quantitative estimate of drug-likeness (QED) is 0.785. The van der Waals surface area contributed by atoms with Crippen molar-refractivity contribution in [1.29, 1.82) is 0 Å². The van der Waals surface area contributed by atoms with Gasteiger partial charge in [-0.3, -0.25) is 4.57 Å². The molecule has 1 aliphatic rings. The summed E-state index contributed by atoms with van der Waals surface area (Å²) in [5.74, 6) is 2.21. The van der Waals surface area contributed by atoms with Crippen LogP contribution in [0.4, 0.5) is 11.5 Å². The maximum atomic E-state index is 6.11. The summed E-state index contributed by atoms with van der Waals surface area (Å²) in [5, 5.41) is 0. The number of fused-ring (bicyclic) bond motifs is 1. The van der Waals surface area contributed by atoms with Crippen molar-refractivity contribution in [3.8, 4) is 5.82 Å². The Morgan fingerprint density at radius 2 is 2.04 bits per heavy atom. The molecule has 1 saturated heterocycles. The minimum atomic E-state index is 0.314. The Morgan fingerprint density at radius 1 is 1.21 bits per heavy atom. The molecule has 0 radical (unpaired) electrons. The number of pyridine rings is 1. The van der Waals surface area contributed by atoms with E-state index in [0.29, 0.717) is 11.9 Å². The Morgan fingerprint density at radius 3 is 2.88 bits per heavy atom. The fourth-order valence-electron chi connectivity index (χ4n) is 3.35. The zero-order valence-corrected chi connectivity index (χ0v) is 13.9. The summed E-state index contributed by atoms with van der Waals surface area (Å²) in [6.07, 6.45) is 0. The molecule has 24 heavy (non-hydrogen) atoms. The largest absolute Gasteiger partial charge is 0.384 e. The van der Waals surface area contributed by atoms with Crippen LogP contribution in [0.25, 0.3) is 16.9 Å². The Labute approximate surface area is 140 Å². The highest BCUT2D eigenvalue weighted by Gasteiger charge is 2.21. The number of hydrogen-bond acceptors (Lipinski definition) is 5. The maximum Gasteiger partial charge on any atom is 0.143 e. The number of ether oxygens (including phenoxy) is 1. The monoisotopic (exact) mass is 323 g/mol. The highest BCUT2D eigenvalue weighted by atomic mass is 16.5. The molecule has 0 spiro atoms. The van der Waals surface area contributed by atoms with E-state index in [2.05, 4.69) is 38.5 Å². The summed E-state index contributed by atoms with van der Waals surface area (Å²) < 4.78 is 7.60. The number of nitrogen functional groups attached to an aromatic ring is 1. The van der Waals surface area contributed by atoms with Crippen LogP contribution in [0.5, 0.6) is 0 Å². The summed E-state index contributed by atoms with van der Waals surface area (Å²) >= 11 is 0. The second-order valence-electron chi connectivity index (χ2n) is 6.21. The summed E-state index contributed by atoms with van der Waals surface area (Å²) in [6, 6.07) is 12.4. The highest BCUT2D eigenvalue weighted by molar-refractivity contribution is 5.78. The van der Waals surface area contributed by atoms with E-state index in [0.717, 1.165) is 48.1 Å². The van der Waals surface area contributed by atoms with Crippen molar-refractivity contribution >= 4 is 22.5 Å². The van der Waals surface area contributed by atoms with Gasteiger partial charge in [0.15, 0.2) is 0 Å². The number of morpholine rings is 1. The molecule has 1 fully saturated rings. The second-order valence-corrected chi connectivity index (χ2v) is 6.21. The smallest absolute Gasteiger partial charge is 0.143 e. The van der Waals surface area contributed by atoms with Crippen LogP contribution >= 0.6 is 0 Å². The van der Waals surface area contributed by atoms with E-state index in [1.807, 2.05) is 31.2 Å². The normalized spacial score (nSPS) is 18.2. The molecule has 0 aliphatic carbocycles. The van der Waals surface area contributed by atoms with Gasteiger partial charge in [0, 0.05) is 30.4 Å². The molecule has 124 valence electrons. The maximum absolute atomic E-state index is 6.11. The molecular formula is C18H21N5O. The van der Waals surface area contributed by atoms with Gasteiger partial charge in [0.05, 0.1) is 24.2 Å². The lowest BCUT2D eigenvalue weighted by atomic mass is 10.2. The van der Waals surface area contributed by atoms with Crippen LogP contribution in [0, 0.1) is 6.92 Å². The number of rotatable bonds is 2. The number of imidazole rings is 1. The summed E-state index contributed by atoms with van der Waals surface area (Å²) in [6.45, 7) is 6.46. The van der Waals surface area contributed by atoms with Gasteiger partial charge in [0.2, 0.25) is 0 Å². The molecule has 1 aromatic carbocycles. The third-order valence-electron chi connectivity index (χ3n) is 4.47. The Kier molecular flexibility index (Phi) is 3.61. The lowest BCUT2D eigenvalue weighted by Gasteiger charge is -2.35. The first-order valence-electron chi connectivity index (χ1n) is 8.20. The second kappa shape index (κ2) is 5.79. The number of aryl methyl sites for hydroxylation is 1. The molecule has 3 aromatic rings. The van der Waals surface area contributed by atoms with E-state index in [9.17, 15) is 0 Å². The van der Waals surface area contributed by atoms with Gasteiger partial charge >= 0.3 is 0 Å². The molecule has 2 N–H and O–H groups in total. The van der Waals surface area contributed by atoms with Crippen LogP contribution in [0.3, 0.4) is 0 Å². The third kappa shape index (κ3) is 2.49. The van der Waals surface area contributed by atoms with Crippen LogP contribution in [-0.2, 0) is 4.74 Å². The first-order chi connectivity index (χ1) is 11.6. The molecule has 4 rings (SSSR count). The fraction of sp³-hybridized carbons (Fsp3) is 0.333. The van der Waals surface area contributed by atoms with Crippen LogP contribution in [-0.4, -0.2) is 40.3 Å². The van der Waals surface area contributed by atoms with Gasteiger partial charge in [-0.15, -0.1) is 0 Å². The number of benzene rings is 1. The van der Waals surface area contributed by atoms with Crippen LogP contribution in [0.2, 0.25) is 0 Å². The molecule has 1 unspecified atom stereocenters. The number of hydrogen-bond donors (Lipinski definition) is 1. The van der Waals surface area contributed by atoms with E-state index < -0.39 is 0 Å². The van der Waals surface area contributed by atoms with E-state index in [4.69, 9.17) is 10.5 Å². The zero-order chi connectivity index (χ0) is 16.7. The first kappa shape index (κ1) is 15.0. The lowest BCUT2D eigenvalue weighted by molar-refractivity contribution is 0.0989. The van der Waals surface area contributed by atoms with Gasteiger partial charge in [-0.05, 0) is 26.0 Å². The van der Waals surface area contributed by atoms with Crippen molar-refractivity contribution in [2.45, 2.75) is 19.9 Å². The van der Waals surface area contributed by atoms with Crippen LogP contribution < -0.4 is 10.6 Å². The Balaban J connectivity index is 1.85. The van der Waals surface area contributed by atoms with Crippen molar-refractivity contribution in [3.05, 3.63) is 42.2 Å². The molecule has 3 heterocycles. The number of nitrogens with zero attached hydrogens (tertiary/aromatic N) is 4. The van der Waals surface area contributed by atoms with Crippen LogP contribution in [0.1, 0.15) is 12.7 Å². The number of aromatic nitrogens is 3. The van der Waals surface area contributed by atoms with Crippen molar-refractivity contribution in [3.63, 3.8) is 0 Å². The van der Waals surface area contributed by atoms with Gasteiger partial charge in [-0.1, -0.05) is 12.1 Å². The van der Waals surface area contributed by atoms with Crippen LogP contribution in [0.15, 0.2) is 36.4 Å². The van der Waals surface area contributed by atoms with E-state index >= 15 is 0 Å². The fourth-order valence-corrected chi connectivity index (χ4v) is 3.35. The molecule has 6 heteroatoms. The standard InChI is InChI=1S/C18H21N5O/c1-12-11-24-8-7-22(12)14-9-17(19)21-18(10-14)23-13(2)20-15-5-3-4-6-16(15)23/h3-6,9-10,12H,7-8,11H2,1-2H3,(H2,19,21). The first-order valence-corrected chi connectivity index (χ1v) is 8.20. The van der Waals surface area contributed by atoms with Gasteiger partial charge in [0.25, 0.3) is 0 Å². The molecular weight excluding hydrogens is 302 g/mol. The molecule has 1 aliphatic heterocycles. The number of para-hydroxylation sites is 2. The summed E-state index contributed by atoms with van der Waals surface area (Å²) in [5.41, 5.74) is 9.18. The molecule has 0 saturated carbocycles. The summed E-state index contributed by atoms with van der Waals surface area (Å²) in [7, 11) is 0. The van der Waals surface area contributed by atoms with Crippen molar-refractivity contribution < 1.29 is 4.74 Å². The summed E-state index contributed by atoms with van der Waals surface area (Å²) in [4.78, 5) is 11.5. The molecule has 6 nitrogen and oxygen atoms in total. The Bertz CT molecular complexity index is 888. The van der Waals surface area contributed by atoms with Crippen molar-refractivity contribution in [2.24, 2.45) is 0 Å². The molecule has 0 bridgehead atoms. The molecule has 0 amide bonds. The van der Waals surface area contributed by atoms with E-state index in [-0.39, 0.29) is 0 Å². The predicted molar refractivity (Wildman–Crippen MR) is 95.6 cm³/mol. The number of anilines is 2. The average molecular weight is 323 g/mol. The average Bonchev–Trinajstić information content (AvgIpc) is 2.90. The van der Waals surface area contributed by atoms with E-state index in [1.165, 1.54) is 0 Å². The zero-order valence-electron chi connectivity index (χ0n) is 13.9. The lowest BCUT2D eigenvalue weighted by Crippen LogP contribution is -2.43. The van der Waals surface area contributed by atoms with Gasteiger partial charge < -0.3 is 15.4 Å². The minimum Gasteiger partial charge on any atom is -0.384 e. The van der Waals surface area contributed by atoms with E-state index in [1.54, 1.807) is 0 Å². The molecule has 2 aromatic heterocycles. The van der Waals surface area contributed by atoms with Gasteiger partial charge in [0.1, 0.15) is 17.5 Å². The predicted octanol–water partition coefficient (Wildman–Crippen LogP) is 2.54. The van der Waals surface area contributed by atoms with Crippen molar-refractivity contribution in [1.82, 2.24) is 14.5 Å². The van der Waals surface area contributed by atoms with Gasteiger partial charge in [-0.2, -0.15) is 0 Å². The SMILES string of the molecule is Cc1nc2ccccc2n1-c1cc(N2CCOCC2C)cc(N)n1. The number of nitrogens with two attached hydrogens (primary N) is 1. The highest BCUT2D eigenvalue weighted by Crippen LogP contribution is 2.27. The minimum absolute atomic E-state index is 0.314. The third-order valence-corrected chi connectivity index (χ3v) is 4.47. The van der Waals surface area contributed by atoms with Crippen molar-refractivity contribution in [2.75, 3.05) is 30.4 Å². The molecule has 1 atom stereocenters. The van der Waals surface area contributed by atoms with Gasteiger partial charge in [-0.25, -0.2) is 9.97 Å². The Hall–Kier alpha value is -2.60.